The van der Waals surface area contributed by atoms with Crippen LogP contribution < -0.4 is 10.6 Å². The number of nitrogens with zero attached hydrogens (tertiary/aromatic N) is 2. The molecule has 0 bridgehead atoms. The first-order chi connectivity index (χ1) is 11.7. The van der Waals surface area contributed by atoms with Crippen LogP contribution in [0.4, 0.5) is 0 Å². The lowest BCUT2D eigenvalue weighted by Crippen LogP contribution is -2.51. The van der Waals surface area contributed by atoms with E-state index in [1.807, 2.05) is 43.1 Å². The molecule has 1 saturated heterocycles. The second kappa shape index (κ2) is 9.39. The number of carbonyl (C=O) groups excluding carboxylic acids is 2. The fourth-order valence-electron chi connectivity index (χ4n) is 2.94. The van der Waals surface area contributed by atoms with Crippen molar-refractivity contribution in [3.63, 3.8) is 0 Å². The highest BCUT2D eigenvalue weighted by Crippen LogP contribution is 2.14. The zero-order valence-corrected chi connectivity index (χ0v) is 14.7. The molecule has 1 aliphatic heterocycles. The lowest BCUT2D eigenvalue weighted by Gasteiger charge is -2.34. The number of likely N-dealkylation sites (N-methyl/N-ethyl adjacent to an activating group) is 2. The van der Waals surface area contributed by atoms with E-state index in [1.165, 1.54) is 0 Å². The van der Waals surface area contributed by atoms with Gasteiger partial charge in [-0.05, 0) is 38.6 Å². The molecule has 2 amide bonds. The maximum absolute atomic E-state index is 12.8. The molecule has 2 rings (SSSR count). The minimum Gasteiger partial charge on any atom is -0.355 e. The van der Waals surface area contributed by atoms with Gasteiger partial charge in [-0.2, -0.15) is 0 Å². The van der Waals surface area contributed by atoms with Gasteiger partial charge < -0.3 is 15.5 Å². The minimum atomic E-state index is 0.0506. The van der Waals surface area contributed by atoms with Crippen LogP contribution in [0.1, 0.15) is 22.8 Å². The molecule has 1 fully saturated rings. The zero-order valence-electron chi connectivity index (χ0n) is 14.7. The molecule has 0 radical (unpaired) electrons. The number of rotatable bonds is 7. The molecular weight excluding hydrogens is 304 g/mol. The number of hydrogen-bond donors (Lipinski definition) is 2. The van der Waals surface area contributed by atoms with E-state index in [1.54, 1.807) is 0 Å². The smallest absolute Gasteiger partial charge is 0.254 e. The first-order valence-electron chi connectivity index (χ1n) is 8.66. The lowest BCUT2D eigenvalue weighted by atomic mass is 10.0. The van der Waals surface area contributed by atoms with Gasteiger partial charge in [-0.15, -0.1) is 0 Å². The van der Waals surface area contributed by atoms with Gasteiger partial charge in [-0.1, -0.05) is 18.2 Å². The number of piperazine rings is 1. The average molecular weight is 332 g/mol. The lowest BCUT2D eigenvalue weighted by molar-refractivity contribution is -0.122. The Morgan fingerprint density at radius 1 is 1.12 bits per heavy atom. The summed E-state index contributed by atoms with van der Waals surface area (Å²) in [6.07, 6.45) is 0.843. The molecule has 1 aliphatic rings. The third kappa shape index (κ3) is 5.04. The van der Waals surface area contributed by atoms with E-state index in [0.717, 1.165) is 37.2 Å². The summed E-state index contributed by atoms with van der Waals surface area (Å²) in [5, 5.41) is 5.94. The van der Waals surface area contributed by atoms with Gasteiger partial charge in [0.2, 0.25) is 5.91 Å². The van der Waals surface area contributed by atoms with Crippen LogP contribution in [-0.4, -0.2) is 74.5 Å². The Balaban J connectivity index is 1.92. The van der Waals surface area contributed by atoms with Crippen LogP contribution in [0, 0.1) is 0 Å². The molecule has 132 valence electrons. The van der Waals surface area contributed by atoms with Gasteiger partial charge in [0, 0.05) is 38.3 Å². The Hall–Kier alpha value is -1.92. The molecule has 0 aliphatic carbocycles. The molecular formula is C18H28N4O2. The van der Waals surface area contributed by atoms with Crippen LogP contribution in [0.15, 0.2) is 24.3 Å². The van der Waals surface area contributed by atoms with E-state index < -0.39 is 0 Å². The maximum atomic E-state index is 12.8. The summed E-state index contributed by atoms with van der Waals surface area (Å²) in [7, 11) is 1.92. The number of nitrogens with one attached hydrogen (secondary N) is 2. The number of amides is 2. The van der Waals surface area contributed by atoms with E-state index >= 15 is 0 Å². The Bertz CT molecular complexity index is 554. The van der Waals surface area contributed by atoms with Crippen molar-refractivity contribution < 1.29 is 9.59 Å². The van der Waals surface area contributed by atoms with Crippen molar-refractivity contribution in [1.29, 1.82) is 0 Å². The number of hydrogen-bond acceptors (Lipinski definition) is 4. The molecule has 2 N–H and O–H groups in total. The van der Waals surface area contributed by atoms with Gasteiger partial charge >= 0.3 is 0 Å². The third-order valence-electron chi connectivity index (χ3n) is 4.29. The summed E-state index contributed by atoms with van der Waals surface area (Å²) in [6.45, 7) is 6.64. The van der Waals surface area contributed by atoms with Crippen molar-refractivity contribution in [2.75, 3.05) is 52.9 Å². The molecule has 0 spiro atoms. The predicted molar refractivity (Wildman–Crippen MR) is 95.1 cm³/mol. The van der Waals surface area contributed by atoms with Crippen LogP contribution in [0.2, 0.25) is 0 Å². The number of benzene rings is 1. The van der Waals surface area contributed by atoms with Crippen LogP contribution in [-0.2, 0) is 11.2 Å². The highest BCUT2D eigenvalue weighted by atomic mass is 16.2. The molecule has 0 saturated carbocycles. The van der Waals surface area contributed by atoms with Crippen LogP contribution in [0.3, 0.4) is 0 Å². The molecule has 0 unspecified atom stereocenters. The third-order valence-corrected chi connectivity index (χ3v) is 4.29. The van der Waals surface area contributed by atoms with Gasteiger partial charge in [-0.3, -0.25) is 14.5 Å². The van der Waals surface area contributed by atoms with Gasteiger partial charge in [0.05, 0.1) is 6.54 Å². The first kappa shape index (κ1) is 18.4. The molecule has 1 aromatic carbocycles. The summed E-state index contributed by atoms with van der Waals surface area (Å²) in [5.41, 5.74) is 1.88. The first-order valence-corrected chi connectivity index (χ1v) is 8.66. The monoisotopic (exact) mass is 332 g/mol. The van der Waals surface area contributed by atoms with Gasteiger partial charge in [0.25, 0.3) is 5.91 Å². The van der Waals surface area contributed by atoms with Crippen LogP contribution in [0.25, 0.3) is 0 Å². The summed E-state index contributed by atoms with van der Waals surface area (Å²) in [5.74, 6) is 0.147. The van der Waals surface area contributed by atoms with Crippen molar-refractivity contribution in [2.45, 2.75) is 13.3 Å². The summed E-state index contributed by atoms with van der Waals surface area (Å²) in [6, 6.07) is 7.83. The minimum absolute atomic E-state index is 0.0506. The molecule has 0 aromatic heterocycles. The second-order valence-corrected chi connectivity index (χ2v) is 6.03. The standard InChI is InChI=1S/C18H28N4O2/c1-3-20-17(23)14-21-10-12-22(13-11-21)18(24)16-7-5-4-6-15(16)8-9-19-2/h4-7,19H,3,8-14H2,1-2H3,(H,20,23). The quantitative estimate of drug-likeness (QED) is 0.756. The summed E-state index contributed by atoms with van der Waals surface area (Å²) in [4.78, 5) is 28.5. The van der Waals surface area contributed by atoms with E-state index in [0.29, 0.717) is 26.2 Å². The molecule has 24 heavy (non-hydrogen) atoms. The maximum Gasteiger partial charge on any atom is 0.254 e. The fourth-order valence-corrected chi connectivity index (χ4v) is 2.94. The highest BCUT2D eigenvalue weighted by molar-refractivity contribution is 5.95. The normalized spacial score (nSPS) is 15.3. The van der Waals surface area contributed by atoms with E-state index in [9.17, 15) is 9.59 Å². The molecule has 0 atom stereocenters. The SMILES string of the molecule is CCNC(=O)CN1CCN(C(=O)c2ccccc2CCNC)CC1. The van der Waals surface area contributed by atoms with E-state index in [4.69, 9.17) is 0 Å². The van der Waals surface area contributed by atoms with Crippen molar-refractivity contribution in [3.05, 3.63) is 35.4 Å². The topological polar surface area (TPSA) is 64.7 Å². The largest absolute Gasteiger partial charge is 0.355 e. The van der Waals surface area contributed by atoms with Crippen molar-refractivity contribution in [1.82, 2.24) is 20.4 Å². The highest BCUT2D eigenvalue weighted by Gasteiger charge is 2.24. The Morgan fingerprint density at radius 3 is 2.50 bits per heavy atom. The zero-order chi connectivity index (χ0) is 17.4. The van der Waals surface area contributed by atoms with Crippen molar-refractivity contribution in [2.24, 2.45) is 0 Å². The van der Waals surface area contributed by atoms with Gasteiger partial charge in [0.15, 0.2) is 0 Å². The van der Waals surface area contributed by atoms with Crippen molar-refractivity contribution >= 4 is 11.8 Å². The van der Waals surface area contributed by atoms with Crippen molar-refractivity contribution in [3.8, 4) is 0 Å². The second-order valence-electron chi connectivity index (χ2n) is 6.03. The summed E-state index contributed by atoms with van der Waals surface area (Å²) >= 11 is 0. The Labute approximate surface area is 144 Å². The molecule has 1 heterocycles. The number of carbonyl (C=O) groups is 2. The van der Waals surface area contributed by atoms with E-state index in [-0.39, 0.29) is 11.8 Å². The molecule has 6 heteroatoms. The van der Waals surface area contributed by atoms with Gasteiger partial charge in [-0.25, -0.2) is 0 Å². The Kier molecular flexibility index (Phi) is 7.21. The van der Waals surface area contributed by atoms with Crippen LogP contribution >= 0.6 is 0 Å². The fraction of sp³-hybridized carbons (Fsp3) is 0.556. The van der Waals surface area contributed by atoms with Crippen LogP contribution in [0.5, 0.6) is 0 Å². The average Bonchev–Trinajstić information content (AvgIpc) is 2.60. The molecule has 6 nitrogen and oxygen atoms in total. The predicted octanol–water partition coefficient (Wildman–Crippen LogP) is 0.342. The molecule has 1 aromatic rings. The van der Waals surface area contributed by atoms with Gasteiger partial charge in [0.1, 0.15) is 0 Å². The summed E-state index contributed by atoms with van der Waals surface area (Å²) < 4.78 is 0. The van der Waals surface area contributed by atoms with E-state index in [2.05, 4.69) is 15.5 Å². The Morgan fingerprint density at radius 2 is 1.83 bits per heavy atom.